The van der Waals surface area contributed by atoms with E-state index in [0.717, 1.165) is 19.3 Å². The second kappa shape index (κ2) is 5.05. The number of allylic oxidation sites excluding steroid dienone is 4. The standard InChI is InChI=1S/C19H20/c1-3-14-9-10-16(13-14)18-12-11-15(4-2)17-7-5-6-8-19(17)18/h5-8,10-13H,3-4,9H2,1-2H3. The molecule has 3 rings (SSSR count). The van der Waals surface area contributed by atoms with Gasteiger partial charge in [-0.15, -0.1) is 0 Å². The second-order valence-corrected chi connectivity index (χ2v) is 5.19. The summed E-state index contributed by atoms with van der Waals surface area (Å²) in [7, 11) is 0. The topological polar surface area (TPSA) is 0 Å². The largest absolute Gasteiger partial charge is 0.0726 e. The minimum Gasteiger partial charge on any atom is -0.0726 e. The van der Waals surface area contributed by atoms with Gasteiger partial charge < -0.3 is 0 Å². The molecule has 1 aliphatic carbocycles. The molecule has 0 bridgehead atoms. The zero-order valence-corrected chi connectivity index (χ0v) is 11.7. The summed E-state index contributed by atoms with van der Waals surface area (Å²) in [4.78, 5) is 0. The number of rotatable bonds is 3. The summed E-state index contributed by atoms with van der Waals surface area (Å²) in [6.07, 6.45) is 8.11. The van der Waals surface area contributed by atoms with E-state index in [9.17, 15) is 0 Å². The predicted molar refractivity (Wildman–Crippen MR) is 84.3 cm³/mol. The molecule has 0 heterocycles. The lowest BCUT2D eigenvalue weighted by Gasteiger charge is -2.10. The molecule has 0 spiro atoms. The molecule has 0 radical (unpaired) electrons. The Kier molecular flexibility index (Phi) is 3.25. The SMILES string of the molecule is CCC1=CC(c2ccc(CC)c3ccccc23)=CC1. The van der Waals surface area contributed by atoms with E-state index in [1.54, 1.807) is 5.57 Å². The molecule has 0 unspecified atom stereocenters. The van der Waals surface area contributed by atoms with E-state index in [4.69, 9.17) is 0 Å². The van der Waals surface area contributed by atoms with Gasteiger partial charge in [0.05, 0.1) is 0 Å². The summed E-state index contributed by atoms with van der Waals surface area (Å²) < 4.78 is 0. The van der Waals surface area contributed by atoms with Crippen LogP contribution in [0.1, 0.15) is 37.8 Å². The maximum absolute atomic E-state index is 2.37. The molecule has 2 aromatic rings. The van der Waals surface area contributed by atoms with E-state index < -0.39 is 0 Å². The molecule has 0 aliphatic heterocycles. The maximum atomic E-state index is 2.37. The molecule has 96 valence electrons. The average Bonchev–Trinajstić information content (AvgIpc) is 2.95. The molecular weight excluding hydrogens is 228 g/mol. The van der Waals surface area contributed by atoms with Gasteiger partial charge in [0.2, 0.25) is 0 Å². The van der Waals surface area contributed by atoms with Crippen LogP contribution in [0.4, 0.5) is 0 Å². The van der Waals surface area contributed by atoms with Crippen LogP contribution in [-0.2, 0) is 6.42 Å². The highest BCUT2D eigenvalue weighted by atomic mass is 14.2. The van der Waals surface area contributed by atoms with Gasteiger partial charge in [-0.05, 0) is 46.7 Å². The molecule has 0 saturated heterocycles. The molecule has 0 atom stereocenters. The zero-order valence-electron chi connectivity index (χ0n) is 11.7. The Balaban J connectivity index is 2.18. The average molecular weight is 248 g/mol. The van der Waals surface area contributed by atoms with Gasteiger partial charge in [-0.3, -0.25) is 0 Å². The quantitative estimate of drug-likeness (QED) is 0.670. The highest BCUT2D eigenvalue weighted by Crippen LogP contribution is 2.33. The number of benzene rings is 2. The first-order valence-electron chi connectivity index (χ1n) is 7.24. The van der Waals surface area contributed by atoms with Crippen LogP contribution >= 0.6 is 0 Å². The van der Waals surface area contributed by atoms with Gasteiger partial charge in [0.1, 0.15) is 0 Å². The minimum atomic E-state index is 1.09. The summed E-state index contributed by atoms with van der Waals surface area (Å²) in [6, 6.07) is 13.4. The number of hydrogen-bond acceptors (Lipinski definition) is 0. The van der Waals surface area contributed by atoms with Crippen molar-refractivity contribution in [3.05, 3.63) is 65.3 Å². The fourth-order valence-corrected chi connectivity index (χ4v) is 2.93. The Morgan fingerprint density at radius 3 is 2.37 bits per heavy atom. The molecule has 0 saturated carbocycles. The smallest absolute Gasteiger partial charge is 0.0103 e. The van der Waals surface area contributed by atoms with Gasteiger partial charge in [0, 0.05) is 0 Å². The maximum Gasteiger partial charge on any atom is -0.0103 e. The highest BCUT2D eigenvalue weighted by Gasteiger charge is 2.11. The lowest BCUT2D eigenvalue weighted by atomic mass is 9.94. The van der Waals surface area contributed by atoms with E-state index in [1.807, 2.05) is 0 Å². The third-order valence-corrected chi connectivity index (χ3v) is 4.10. The fraction of sp³-hybridized carbons (Fsp3) is 0.263. The van der Waals surface area contributed by atoms with Gasteiger partial charge >= 0.3 is 0 Å². The molecule has 2 aromatic carbocycles. The van der Waals surface area contributed by atoms with Crippen LogP contribution < -0.4 is 0 Å². The van der Waals surface area contributed by atoms with Crippen molar-refractivity contribution in [2.75, 3.05) is 0 Å². The van der Waals surface area contributed by atoms with E-state index in [1.165, 1.54) is 27.5 Å². The summed E-state index contributed by atoms with van der Waals surface area (Å²) in [5.41, 5.74) is 5.77. The summed E-state index contributed by atoms with van der Waals surface area (Å²) >= 11 is 0. The van der Waals surface area contributed by atoms with Crippen molar-refractivity contribution in [3.63, 3.8) is 0 Å². The van der Waals surface area contributed by atoms with Gasteiger partial charge in [0.15, 0.2) is 0 Å². The first kappa shape index (κ1) is 12.2. The van der Waals surface area contributed by atoms with Crippen molar-refractivity contribution in [1.29, 1.82) is 0 Å². The Morgan fingerprint density at radius 2 is 1.68 bits per heavy atom. The van der Waals surface area contributed by atoms with Crippen LogP contribution in [0.25, 0.3) is 16.3 Å². The molecule has 0 fully saturated rings. The lowest BCUT2D eigenvalue weighted by Crippen LogP contribution is -1.88. The van der Waals surface area contributed by atoms with Gasteiger partial charge in [-0.2, -0.15) is 0 Å². The van der Waals surface area contributed by atoms with Crippen molar-refractivity contribution in [3.8, 4) is 0 Å². The number of fused-ring (bicyclic) bond motifs is 1. The summed E-state index contributed by atoms with van der Waals surface area (Å²) in [6.45, 7) is 4.46. The van der Waals surface area contributed by atoms with Crippen LogP contribution in [0, 0.1) is 0 Å². The van der Waals surface area contributed by atoms with E-state index in [0.29, 0.717) is 0 Å². The minimum absolute atomic E-state index is 1.09. The molecule has 19 heavy (non-hydrogen) atoms. The summed E-state index contributed by atoms with van der Waals surface area (Å²) in [5, 5.41) is 2.79. The first-order chi connectivity index (χ1) is 9.33. The molecule has 0 heteroatoms. The van der Waals surface area contributed by atoms with Crippen molar-refractivity contribution in [1.82, 2.24) is 0 Å². The third kappa shape index (κ3) is 2.12. The van der Waals surface area contributed by atoms with Crippen LogP contribution in [-0.4, -0.2) is 0 Å². The Bertz CT molecular complexity index is 671. The molecule has 0 nitrogen and oxygen atoms in total. The Hall–Kier alpha value is -1.82. The molecule has 1 aliphatic rings. The van der Waals surface area contributed by atoms with E-state index in [2.05, 4.69) is 62.4 Å². The third-order valence-electron chi connectivity index (χ3n) is 4.10. The van der Waals surface area contributed by atoms with E-state index in [-0.39, 0.29) is 0 Å². The molecular formula is C19H20. The normalized spacial score (nSPS) is 14.6. The molecule has 0 amide bonds. The number of hydrogen-bond donors (Lipinski definition) is 0. The Labute approximate surface area is 115 Å². The van der Waals surface area contributed by atoms with Crippen molar-refractivity contribution in [2.45, 2.75) is 33.1 Å². The molecule has 0 N–H and O–H groups in total. The van der Waals surface area contributed by atoms with E-state index >= 15 is 0 Å². The van der Waals surface area contributed by atoms with Gasteiger partial charge in [-0.25, -0.2) is 0 Å². The highest BCUT2D eigenvalue weighted by molar-refractivity contribution is 5.98. The number of aryl methyl sites for hydroxylation is 1. The van der Waals surface area contributed by atoms with Crippen molar-refractivity contribution >= 4 is 16.3 Å². The van der Waals surface area contributed by atoms with Crippen LogP contribution in [0.3, 0.4) is 0 Å². The summed E-state index contributed by atoms with van der Waals surface area (Å²) in [5.74, 6) is 0. The van der Waals surface area contributed by atoms with Crippen molar-refractivity contribution < 1.29 is 0 Å². The molecule has 0 aromatic heterocycles. The zero-order chi connectivity index (χ0) is 13.2. The fourth-order valence-electron chi connectivity index (χ4n) is 2.93. The van der Waals surface area contributed by atoms with Crippen LogP contribution in [0.2, 0.25) is 0 Å². The first-order valence-corrected chi connectivity index (χ1v) is 7.24. The van der Waals surface area contributed by atoms with Gasteiger partial charge in [-0.1, -0.05) is 68.0 Å². The predicted octanol–water partition coefficient (Wildman–Crippen LogP) is 5.53. The monoisotopic (exact) mass is 248 g/mol. The second-order valence-electron chi connectivity index (χ2n) is 5.19. The van der Waals surface area contributed by atoms with Gasteiger partial charge in [0.25, 0.3) is 0 Å². The van der Waals surface area contributed by atoms with Crippen LogP contribution in [0.15, 0.2) is 54.1 Å². The van der Waals surface area contributed by atoms with Crippen molar-refractivity contribution in [2.24, 2.45) is 0 Å². The lowest BCUT2D eigenvalue weighted by molar-refractivity contribution is 1.05. The van der Waals surface area contributed by atoms with Crippen LogP contribution in [0.5, 0.6) is 0 Å². The Morgan fingerprint density at radius 1 is 0.895 bits per heavy atom.